The minimum Gasteiger partial charge on any atom is -0.454 e. The van der Waals surface area contributed by atoms with Gasteiger partial charge in [0.1, 0.15) is 6.04 Å². The number of ether oxygens (including phenoxy) is 2. The van der Waals surface area contributed by atoms with Crippen LogP contribution >= 0.6 is 11.6 Å². The average Bonchev–Trinajstić information content (AvgIpc) is 3.25. The predicted molar refractivity (Wildman–Crippen MR) is 127 cm³/mol. The van der Waals surface area contributed by atoms with Crippen molar-refractivity contribution in [3.63, 3.8) is 0 Å². The molecule has 2 aromatic rings. The molecule has 33 heavy (non-hydrogen) atoms. The van der Waals surface area contributed by atoms with Gasteiger partial charge < -0.3 is 14.4 Å². The lowest BCUT2D eigenvalue weighted by Gasteiger charge is -2.39. The first-order chi connectivity index (χ1) is 15.8. The van der Waals surface area contributed by atoms with Crippen LogP contribution in [0.25, 0.3) is 0 Å². The van der Waals surface area contributed by atoms with Gasteiger partial charge in [0.15, 0.2) is 11.5 Å². The lowest BCUT2D eigenvalue weighted by atomic mass is 10.1. The Hall–Kier alpha value is -2.49. The molecule has 0 unspecified atom stereocenters. The third-order valence-corrected chi connectivity index (χ3v) is 7.35. The topological polar surface area (TPSA) is 79.4 Å². The number of nitrogens with zero attached hydrogens (tertiary/aromatic N) is 3. The van der Waals surface area contributed by atoms with Gasteiger partial charge in [0, 0.05) is 37.7 Å². The molecule has 0 aromatic heterocycles. The molecular formula is C23H28ClN3O5S. The van der Waals surface area contributed by atoms with Crippen molar-refractivity contribution in [3.05, 3.63) is 53.1 Å². The number of anilines is 1. The van der Waals surface area contributed by atoms with Crippen LogP contribution in [0.4, 0.5) is 5.69 Å². The Labute approximate surface area is 199 Å². The van der Waals surface area contributed by atoms with Crippen LogP contribution in [0.3, 0.4) is 0 Å². The number of piperazine rings is 1. The van der Waals surface area contributed by atoms with Crippen LogP contribution < -0.4 is 13.8 Å². The van der Waals surface area contributed by atoms with Crippen LogP contribution in [0, 0.1) is 0 Å². The lowest BCUT2D eigenvalue weighted by molar-refractivity contribution is -0.134. The van der Waals surface area contributed by atoms with Gasteiger partial charge in [-0.2, -0.15) is 0 Å². The van der Waals surface area contributed by atoms with E-state index >= 15 is 0 Å². The number of rotatable bonds is 7. The smallest absolute Gasteiger partial charge is 0.246 e. The molecule has 0 bridgehead atoms. The quantitative estimate of drug-likeness (QED) is 0.590. The van der Waals surface area contributed by atoms with Crippen LogP contribution in [0.2, 0.25) is 5.02 Å². The molecule has 2 aliphatic rings. The SMILES string of the molecule is CC[C@H](C(=O)N1CCN(Cc2ccc3c(c2)OCO3)CC1)N(c1ccc(Cl)cc1)S(C)(=O)=O. The van der Waals surface area contributed by atoms with Crippen LogP contribution in [0.5, 0.6) is 11.5 Å². The van der Waals surface area contributed by atoms with E-state index in [9.17, 15) is 13.2 Å². The normalized spacial score (nSPS) is 17.1. The number of fused-ring (bicyclic) bond motifs is 1. The van der Waals surface area contributed by atoms with E-state index < -0.39 is 16.1 Å². The number of halogens is 1. The first-order valence-corrected chi connectivity index (χ1v) is 13.1. The standard InChI is InChI=1S/C23H28ClN3O5S/c1-3-20(27(33(2,29)30)19-7-5-18(24)6-8-19)23(28)26-12-10-25(11-13-26)15-17-4-9-21-22(14-17)32-16-31-21/h4-9,14,20H,3,10-13,15-16H2,1-2H3/t20-/m1/s1. The maximum atomic E-state index is 13.4. The van der Waals surface area contributed by atoms with E-state index in [0.29, 0.717) is 43.3 Å². The minimum atomic E-state index is -3.67. The Morgan fingerprint density at radius 3 is 2.36 bits per heavy atom. The summed E-state index contributed by atoms with van der Waals surface area (Å²) in [7, 11) is -3.67. The largest absolute Gasteiger partial charge is 0.454 e. The Kier molecular flexibility index (Phi) is 7.02. The molecule has 0 aliphatic carbocycles. The van der Waals surface area contributed by atoms with Gasteiger partial charge in [0.2, 0.25) is 22.7 Å². The zero-order chi connectivity index (χ0) is 23.6. The highest BCUT2D eigenvalue weighted by Crippen LogP contribution is 2.33. The lowest BCUT2D eigenvalue weighted by Crippen LogP contribution is -2.55. The summed E-state index contributed by atoms with van der Waals surface area (Å²) in [6, 6.07) is 11.6. The first-order valence-electron chi connectivity index (χ1n) is 10.9. The predicted octanol–water partition coefficient (Wildman–Crippen LogP) is 2.96. The number of carbonyl (C=O) groups is 1. The molecule has 0 radical (unpaired) electrons. The Balaban J connectivity index is 1.42. The van der Waals surface area contributed by atoms with Crippen molar-refractivity contribution in [3.8, 4) is 11.5 Å². The number of carbonyl (C=O) groups excluding carboxylic acids is 1. The fraction of sp³-hybridized carbons (Fsp3) is 0.435. The summed E-state index contributed by atoms with van der Waals surface area (Å²) in [6.45, 7) is 5.31. The molecule has 0 spiro atoms. The Morgan fingerprint density at radius 1 is 1.06 bits per heavy atom. The molecule has 178 valence electrons. The van der Waals surface area contributed by atoms with Gasteiger partial charge in [-0.3, -0.25) is 14.0 Å². The Bertz CT molecular complexity index is 1100. The maximum absolute atomic E-state index is 13.4. The molecule has 1 amide bonds. The van der Waals surface area contributed by atoms with Crippen LogP contribution in [-0.4, -0.2) is 69.4 Å². The number of hydrogen-bond acceptors (Lipinski definition) is 6. The van der Waals surface area contributed by atoms with Crippen molar-refractivity contribution in [2.24, 2.45) is 0 Å². The minimum absolute atomic E-state index is 0.180. The third-order valence-electron chi connectivity index (χ3n) is 5.92. The second kappa shape index (κ2) is 9.79. The van der Waals surface area contributed by atoms with Crippen LogP contribution in [-0.2, 0) is 21.4 Å². The molecular weight excluding hydrogens is 466 g/mol. The third kappa shape index (κ3) is 5.37. The zero-order valence-electron chi connectivity index (χ0n) is 18.7. The van der Waals surface area contributed by atoms with Crippen molar-refractivity contribution in [1.29, 1.82) is 0 Å². The summed E-state index contributed by atoms with van der Waals surface area (Å²) in [4.78, 5) is 17.4. The molecule has 1 saturated heterocycles. The first kappa shape index (κ1) is 23.7. The molecule has 8 nitrogen and oxygen atoms in total. The van der Waals surface area contributed by atoms with Gasteiger partial charge in [-0.05, 0) is 48.4 Å². The molecule has 0 saturated carbocycles. The van der Waals surface area contributed by atoms with Gasteiger partial charge in [0.05, 0.1) is 11.9 Å². The Morgan fingerprint density at radius 2 is 1.73 bits per heavy atom. The van der Waals surface area contributed by atoms with E-state index in [1.165, 1.54) is 4.31 Å². The highest BCUT2D eigenvalue weighted by Gasteiger charge is 2.35. The van der Waals surface area contributed by atoms with Gasteiger partial charge in [-0.15, -0.1) is 0 Å². The number of hydrogen-bond donors (Lipinski definition) is 0. The van der Waals surface area contributed by atoms with E-state index in [4.69, 9.17) is 21.1 Å². The summed E-state index contributed by atoms with van der Waals surface area (Å²) in [5.74, 6) is 1.34. The monoisotopic (exact) mass is 493 g/mol. The second-order valence-electron chi connectivity index (χ2n) is 8.25. The molecule has 10 heteroatoms. The highest BCUT2D eigenvalue weighted by molar-refractivity contribution is 7.92. The summed E-state index contributed by atoms with van der Waals surface area (Å²) in [5.41, 5.74) is 1.56. The fourth-order valence-electron chi connectivity index (χ4n) is 4.27. The molecule has 4 rings (SSSR count). The number of amides is 1. The molecule has 2 heterocycles. The molecule has 1 atom stereocenters. The maximum Gasteiger partial charge on any atom is 0.246 e. The average molecular weight is 494 g/mol. The second-order valence-corrected chi connectivity index (χ2v) is 10.5. The van der Waals surface area contributed by atoms with E-state index in [-0.39, 0.29) is 12.7 Å². The summed E-state index contributed by atoms with van der Waals surface area (Å²) < 4.78 is 37.3. The molecule has 1 fully saturated rings. The van der Waals surface area contributed by atoms with Crippen molar-refractivity contribution >= 4 is 33.2 Å². The van der Waals surface area contributed by atoms with E-state index in [2.05, 4.69) is 4.90 Å². The number of benzene rings is 2. The van der Waals surface area contributed by atoms with Gasteiger partial charge in [-0.25, -0.2) is 8.42 Å². The highest BCUT2D eigenvalue weighted by atomic mass is 35.5. The van der Waals surface area contributed by atoms with Crippen LogP contribution in [0.1, 0.15) is 18.9 Å². The molecule has 2 aromatic carbocycles. The number of sulfonamides is 1. The van der Waals surface area contributed by atoms with E-state index in [1.807, 2.05) is 25.1 Å². The van der Waals surface area contributed by atoms with E-state index in [0.717, 1.165) is 29.9 Å². The van der Waals surface area contributed by atoms with Gasteiger partial charge >= 0.3 is 0 Å². The van der Waals surface area contributed by atoms with Gasteiger partial charge in [-0.1, -0.05) is 24.6 Å². The van der Waals surface area contributed by atoms with Crippen LogP contribution in [0.15, 0.2) is 42.5 Å². The summed E-state index contributed by atoms with van der Waals surface area (Å²) >= 11 is 5.97. The van der Waals surface area contributed by atoms with Crippen molar-refractivity contribution < 1.29 is 22.7 Å². The van der Waals surface area contributed by atoms with E-state index in [1.54, 1.807) is 29.2 Å². The van der Waals surface area contributed by atoms with Crippen molar-refractivity contribution in [2.75, 3.05) is 43.5 Å². The van der Waals surface area contributed by atoms with Crippen molar-refractivity contribution in [1.82, 2.24) is 9.80 Å². The summed E-state index contributed by atoms with van der Waals surface area (Å²) in [5, 5.41) is 0.505. The summed E-state index contributed by atoms with van der Waals surface area (Å²) in [6.07, 6.45) is 1.49. The van der Waals surface area contributed by atoms with Gasteiger partial charge in [0.25, 0.3) is 0 Å². The van der Waals surface area contributed by atoms with Crippen molar-refractivity contribution in [2.45, 2.75) is 25.9 Å². The zero-order valence-corrected chi connectivity index (χ0v) is 20.3. The fourth-order valence-corrected chi connectivity index (χ4v) is 5.60. The molecule has 2 aliphatic heterocycles. The molecule has 0 N–H and O–H groups in total.